The summed E-state index contributed by atoms with van der Waals surface area (Å²) in [5.74, 6) is 0.0822. The molecule has 1 heterocycles. The molecule has 1 N–H and O–H groups in total. The molecular formula is C15H14BrNO4. The molecule has 0 radical (unpaired) electrons. The second-order valence-electron chi connectivity index (χ2n) is 4.30. The highest BCUT2D eigenvalue weighted by atomic mass is 79.9. The maximum Gasteiger partial charge on any atom is 0.354 e. The Balaban J connectivity index is 1.76. The number of aromatic amines is 1. The highest BCUT2D eigenvalue weighted by molar-refractivity contribution is 9.10. The van der Waals surface area contributed by atoms with Crippen LogP contribution < -0.4 is 4.74 Å². The lowest BCUT2D eigenvalue weighted by Crippen LogP contribution is -2.12. The standard InChI is InChI=1S/C15H14BrNO4/c1-10(18)11-8-14(17-9-11)15(19)21-7-6-20-13-4-2-12(16)3-5-13/h2-5,8-9,17H,6-7H2,1H3. The Morgan fingerprint density at radius 2 is 1.90 bits per heavy atom. The lowest BCUT2D eigenvalue weighted by atomic mass is 10.2. The summed E-state index contributed by atoms with van der Waals surface area (Å²) in [4.78, 5) is 25.5. The smallest absolute Gasteiger partial charge is 0.354 e. The Hall–Kier alpha value is -2.08. The molecule has 0 atom stereocenters. The molecule has 2 rings (SSSR count). The Morgan fingerprint density at radius 3 is 2.52 bits per heavy atom. The number of carbonyl (C=O) groups is 2. The minimum atomic E-state index is -0.512. The largest absolute Gasteiger partial charge is 0.490 e. The van der Waals surface area contributed by atoms with Crippen LogP contribution in [0.1, 0.15) is 27.8 Å². The average Bonchev–Trinajstić information content (AvgIpc) is 2.95. The number of esters is 1. The molecule has 6 heteroatoms. The van der Waals surface area contributed by atoms with E-state index in [2.05, 4.69) is 20.9 Å². The summed E-state index contributed by atoms with van der Waals surface area (Å²) in [5, 5.41) is 0. The molecule has 1 aromatic carbocycles. The quantitative estimate of drug-likeness (QED) is 0.492. The van der Waals surface area contributed by atoms with Gasteiger partial charge in [-0.1, -0.05) is 15.9 Å². The number of ketones is 1. The number of ether oxygens (including phenoxy) is 2. The van der Waals surface area contributed by atoms with Crippen molar-refractivity contribution in [2.45, 2.75) is 6.92 Å². The van der Waals surface area contributed by atoms with Crippen molar-refractivity contribution < 1.29 is 19.1 Å². The Labute approximate surface area is 130 Å². The summed E-state index contributed by atoms with van der Waals surface area (Å²) in [6.07, 6.45) is 1.48. The zero-order chi connectivity index (χ0) is 15.2. The summed E-state index contributed by atoms with van der Waals surface area (Å²) >= 11 is 3.33. The van der Waals surface area contributed by atoms with Crippen molar-refractivity contribution in [3.8, 4) is 5.75 Å². The van der Waals surface area contributed by atoms with Crippen LogP contribution in [0.25, 0.3) is 0 Å². The third-order valence-corrected chi connectivity index (χ3v) is 3.24. The fraction of sp³-hybridized carbons (Fsp3) is 0.200. The van der Waals surface area contributed by atoms with Crippen LogP contribution in [0.3, 0.4) is 0 Å². The Morgan fingerprint density at radius 1 is 1.19 bits per heavy atom. The first-order valence-electron chi connectivity index (χ1n) is 6.31. The van der Waals surface area contributed by atoms with Crippen LogP contribution in [0.4, 0.5) is 0 Å². The number of rotatable bonds is 6. The normalized spacial score (nSPS) is 10.2. The van der Waals surface area contributed by atoms with E-state index >= 15 is 0 Å². The molecule has 0 aliphatic heterocycles. The van der Waals surface area contributed by atoms with E-state index in [1.165, 1.54) is 19.2 Å². The van der Waals surface area contributed by atoms with Gasteiger partial charge < -0.3 is 14.5 Å². The van der Waals surface area contributed by atoms with Gasteiger partial charge in [-0.3, -0.25) is 4.79 Å². The van der Waals surface area contributed by atoms with Gasteiger partial charge in [0.1, 0.15) is 24.7 Å². The topological polar surface area (TPSA) is 68.4 Å². The molecule has 2 aromatic rings. The van der Waals surface area contributed by atoms with Crippen LogP contribution >= 0.6 is 15.9 Å². The van der Waals surface area contributed by atoms with Gasteiger partial charge in [0.05, 0.1) is 0 Å². The van der Waals surface area contributed by atoms with Crippen LogP contribution in [-0.2, 0) is 4.74 Å². The number of benzene rings is 1. The molecule has 0 aliphatic rings. The zero-order valence-corrected chi connectivity index (χ0v) is 13.0. The summed E-state index contributed by atoms with van der Waals surface area (Å²) in [7, 11) is 0. The third-order valence-electron chi connectivity index (χ3n) is 2.71. The van der Waals surface area contributed by atoms with Crippen LogP contribution in [0.15, 0.2) is 41.0 Å². The predicted octanol–water partition coefficient (Wildman–Crippen LogP) is 3.22. The highest BCUT2D eigenvalue weighted by Gasteiger charge is 2.11. The van der Waals surface area contributed by atoms with Crippen molar-refractivity contribution in [2.75, 3.05) is 13.2 Å². The molecule has 0 bridgehead atoms. The van der Waals surface area contributed by atoms with Gasteiger partial charge in [0, 0.05) is 16.2 Å². The van der Waals surface area contributed by atoms with Gasteiger partial charge in [0.15, 0.2) is 5.78 Å². The Kier molecular flexibility index (Phi) is 5.16. The number of aromatic nitrogens is 1. The van der Waals surface area contributed by atoms with Gasteiger partial charge in [-0.25, -0.2) is 4.79 Å². The Bertz CT molecular complexity index is 633. The van der Waals surface area contributed by atoms with Gasteiger partial charge in [-0.05, 0) is 37.3 Å². The van der Waals surface area contributed by atoms with Gasteiger partial charge in [0.25, 0.3) is 0 Å². The first kappa shape index (κ1) is 15.3. The third kappa shape index (κ3) is 4.46. The molecule has 1 aromatic heterocycles. The van der Waals surface area contributed by atoms with Crippen molar-refractivity contribution >= 4 is 27.7 Å². The molecule has 21 heavy (non-hydrogen) atoms. The molecule has 0 aliphatic carbocycles. The SMILES string of the molecule is CC(=O)c1c[nH]c(C(=O)OCCOc2ccc(Br)cc2)c1. The van der Waals surface area contributed by atoms with Crippen molar-refractivity contribution in [1.29, 1.82) is 0 Å². The van der Waals surface area contributed by atoms with Gasteiger partial charge in [-0.2, -0.15) is 0 Å². The maximum atomic E-state index is 11.7. The molecule has 0 saturated carbocycles. The summed E-state index contributed by atoms with van der Waals surface area (Å²) in [6, 6.07) is 8.83. The summed E-state index contributed by atoms with van der Waals surface area (Å²) < 4.78 is 11.4. The molecule has 0 saturated heterocycles. The fourth-order valence-corrected chi connectivity index (χ4v) is 1.88. The molecule has 0 fully saturated rings. The van der Waals surface area contributed by atoms with Crippen LogP contribution in [0.5, 0.6) is 5.75 Å². The number of Topliss-reactive ketones (excluding diaryl/α,β-unsaturated/α-hetero) is 1. The first-order chi connectivity index (χ1) is 10.1. The van der Waals surface area contributed by atoms with E-state index < -0.39 is 5.97 Å². The van der Waals surface area contributed by atoms with Crippen LogP contribution in [0.2, 0.25) is 0 Å². The van der Waals surface area contributed by atoms with Crippen molar-refractivity contribution in [3.05, 3.63) is 52.3 Å². The number of hydrogen-bond acceptors (Lipinski definition) is 4. The van der Waals surface area contributed by atoms with Crippen molar-refractivity contribution in [3.63, 3.8) is 0 Å². The second-order valence-corrected chi connectivity index (χ2v) is 5.21. The lowest BCUT2D eigenvalue weighted by Gasteiger charge is -2.06. The minimum Gasteiger partial charge on any atom is -0.490 e. The molecule has 5 nitrogen and oxygen atoms in total. The maximum absolute atomic E-state index is 11.7. The van der Waals surface area contributed by atoms with Gasteiger partial charge in [0.2, 0.25) is 0 Å². The van der Waals surface area contributed by atoms with Crippen LogP contribution in [-0.4, -0.2) is 30.0 Å². The van der Waals surface area contributed by atoms with E-state index in [4.69, 9.17) is 9.47 Å². The molecular weight excluding hydrogens is 338 g/mol. The number of hydrogen-bond donors (Lipinski definition) is 1. The summed E-state index contributed by atoms with van der Waals surface area (Å²) in [5.41, 5.74) is 0.705. The van der Waals surface area contributed by atoms with Crippen molar-refractivity contribution in [2.24, 2.45) is 0 Å². The van der Waals surface area contributed by atoms with E-state index in [1.807, 2.05) is 24.3 Å². The lowest BCUT2D eigenvalue weighted by molar-refractivity contribution is 0.0444. The minimum absolute atomic E-state index is 0.108. The monoisotopic (exact) mass is 351 g/mol. The highest BCUT2D eigenvalue weighted by Crippen LogP contribution is 2.15. The molecule has 0 spiro atoms. The second kappa shape index (κ2) is 7.08. The van der Waals surface area contributed by atoms with E-state index in [1.54, 1.807) is 0 Å². The van der Waals surface area contributed by atoms with Crippen molar-refractivity contribution in [1.82, 2.24) is 4.98 Å². The van der Waals surface area contributed by atoms with Gasteiger partial charge in [-0.15, -0.1) is 0 Å². The van der Waals surface area contributed by atoms with E-state index in [9.17, 15) is 9.59 Å². The number of carbonyl (C=O) groups excluding carboxylic acids is 2. The summed E-state index contributed by atoms with van der Waals surface area (Å²) in [6.45, 7) is 1.82. The van der Waals surface area contributed by atoms with Gasteiger partial charge >= 0.3 is 5.97 Å². The molecule has 0 amide bonds. The first-order valence-corrected chi connectivity index (χ1v) is 7.10. The average molecular weight is 352 g/mol. The number of halogens is 1. The zero-order valence-electron chi connectivity index (χ0n) is 11.4. The number of nitrogens with one attached hydrogen (secondary N) is 1. The van der Waals surface area contributed by atoms with E-state index in [-0.39, 0.29) is 24.7 Å². The van der Waals surface area contributed by atoms with Crippen LogP contribution in [0, 0.1) is 0 Å². The predicted molar refractivity (Wildman–Crippen MR) is 80.7 cm³/mol. The van der Waals surface area contributed by atoms with E-state index in [0.29, 0.717) is 11.3 Å². The van der Waals surface area contributed by atoms with E-state index in [0.717, 1.165) is 4.47 Å². The number of H-pyrrole nitrogens is 1. The molecule has 0 unspecified atom stereocenters. The molecule has 110 valence electrons. The fourth-order valence-electron chi connectivity index (χ4n) is 1.62.